The molecule has 1 aliphatic rings. The molecule has 1 aromatic rings. The Morgan fingerprint density at radius 1 is 1.38 bits per heavy atom. The van der Waals surface area contributed by atoms with Crippen LogP contribution in [0, 0.1) is 5.82 Å². The highest BCUT2D eigenvalue weighted by Crippen LogP contribution is 2.30. The van der Waals surface area contributed by atoms with E-state index in [0.717, 1.165) is 0 Å². The Balaban J connectivity index is 2.04. The molecule has 0 saturated carbocycles. The third-order valence-electron chi connectivity index (χ3n) is 4.00. The van der Waals surface area contributed by atoms with E-state index in [1.807, 2.05) is 4.90 Å². The molecular weight excluding hydrogens is 275 g/mol. The van der Waals surface area contributed by atoms with E-state index in [1.165, 1.54) is 13.2 Å². The van der Waals surface area contributed by atoms with Crippen molar-refractivity contribution < 1.29 is 19.3 Å². The van der Waals surface area contributed by atoms with Gasteiger partial charge < -0.3 is 20.3 Å². The summed E-state index contributed by atoms with van der Waals surface area (Å²) in [5, 5.41) is 22.2. The van der Waals surface area contributed by atoms with Gasteiger partial charge in [0.2, 0.25) is 0 Å². The lowest BCUT2D eigenvalue weighted by Gasteiger charge is -2.23. The van der Waals surface area contributed by atoms with Gasteiger partial charge in [-0.15, -0.1) is 0 Å². The molecule has 2 rings (SSSR count). The summed E-state index contributed by atoms with van der Waals surface area (Å²) in [5.41, 5.74) is 0.516. The number of aliphatic hydroxyl groups is 2. The minimum absolute atomic E-state index is 0.184. The van der Waals surface area contributed by atoms with Gasteiger partial charge in [0.15, 0.2) is 0 Å². The monoisotopic (exact) mass is 298 g/mol. The molecule has 1 aliphatic heterocycles. The van der Waals surface area contributed by atoms with E-state index in [4.69, 9.17) is 4.74 Å². The number of nitrogens with one attached hydrogen (secondary N) is 1. The maximum atomic E-state index is 14.1. The molecule has 1 heterocycles. The fourth-order valence-electron chi connectivity index (χ4n) is 2.81. The molecule has 1 saturated heterocycles. The molecule has 0 aliphatic carbocycles. The van der Waals surface area contributed by atoms with Gasteiger partial charge in [-0.2, -0.15) is 0 Å². The molecule has 0 bridgehead atoms. The molecule has 3 unspecified atom stereocenters. The van der Waals surface area contributed by atoms with Crippen molar-refractivity contribution >= 4 is 0 Å². The Morgan fingerprint density at radius 3 is 2.62 bits per heavy atom. The van der Waals surface area contributed by atoms with Crippen LogP contribution < -0.4 is 10.1 Å². The quantitative estimate of drug-likeness (QED) is 0.715. The Hall–Kier alpha value is -1.21. The molecule has 0 aromatic heterocycles. The van der Waals surface area contributed by atoms with E-state index >= 15 is 0 Å². The third-order valence-corrected chi connectivity index (χ3v) is 4.00. The zero-order valence-corrected chi connectivity index (χ0v) is 12.4. The van der Waals surface area contributed by atoms with Gasteiger partial charge >= 0.3 is 0 Å². The number of hydrogen-bond acceptors (Lipinski definition) is 5. The summed E-state index contributed by atoms with van der Waals surface area (Å²) < 4.78 is 19.3. The van der Waals surface area contributed by atoms with Crippen LogP contribution in [0.5, 0.6) is 5.75 Å². The fraction of sp³-hybridized carbons (Fsp3) is 0.600. The maximum absolute atomic E-state index is 14.1. The van der Waals surface area contributed by atoms with Crippen molar-refractivity contribution in [2.45, 2.75) is 24.7 Å². The second-order valence-electron chi connectivity index (χ2n) is 5.38. The number of halogens is 1. The van der Waals surface area contributed by atoms with Gasteiger partial charge in [-0.1, -0.05) is 6.07 Å². The third kappa shape index (κ3) is 3.71. The molecule has 5 nitrogen and oxygen atoms in total. The SMILES string of the molecule is CNC(CCN1CC(O)C(O)C1)c1c(F)cccc1OC. The van der Waals surface area contributed by atoms with Crippen molar-refractivity contribution in [1.29, 1.82) is 0 Å². The summed E-state index contributed by atoms with van der Waals surface area (Å²) >= 11 is 0. The summed E-state index contributed by atoms with van der Waals surface area (Å²) in [5.74, 6) is 0.228. The first-order chi connectivity index (χ1) is 10.1. The zero-order valence-electron chi connectivity index (χ0n) is 12.4. The van der Waals surface area contributed by atoms with Crippen molar-refractivity contribution in [2.24, 2.45) is 0 Å². The molecule has 0 radical (unpaired) electrons. The van der Waals surface area contributed by atoms with Gasteiger partial charge in [0.25, 0.3) is 0 Å². The Kier molecular flexibility index (Phi) is 5.52. The van der Waals surface area contributed by atoms with Gasteiger partial charge in [0.05, 0.1) is 19.3 Å². The van der Waals surface area contributed by atoms with Crippen LogP contribution in [0.2, 0.25) is 0 Å². The normalized spacial score (nSPS) is 24.2. The lowest BCUT2D eigenvalue weighted by atomic mass is 10.0. The smallest absolute Gasteiger partial charge is 0.131 e. The van der Waals surface area contributed by atoms with Gasteiger partial charge in [-0.05, 0) is 25.6 Å². The number of benzene rings is 1. The molecule has 1 aromatic carbocycles. The van der Waals surface area contributed by atoms with E-state index < -0.39 is 12.2 Å². The van der Waals surface area contributed by atoms with E-state index in [2.05, 4.69) is 5.32 Å². The lowest BCUT2D eigenvalue weighted by molar-refractivity contribution is 0.0572. The van der Waals surface area contributed by atoms with E-state index in [0.29, 0.717) is 37.4 Å². The van der Waals surface area contributed by atoms with Crippen molar-refractivity contribution in [3.63, 3.8) is 0 Å². The van der Waals surface area contributed by atoms with Crippen LogP contribution in [0.3, 0.4) is 0 Å². The molecular formula is C15H23FN2O3. The fourth-order valence-corrected chi connectivity index (χ4v) is 2.81. The molecule has 21 heavy (non-hydrogen) atoms. The summed E-state index contributed by atoms with van der Waals surface area (Å²) in [4.78, 5) is 1.98. The Labute approximate surface area is 124 Å². The Bertz CT molecular complexity index is 462. The van der Waals surface area contributed by atoms with E-state index in [-0.39, 0.29) is 11.9 Å². The van der Waals surface area contributed by atoms with Crippen molar-refractivity contribution in [1.82, 2.24) is 10.2 Å². The zero-order chi connectivity index (χ0) is 15.4. The molecule has 118 valence electrons. The largest absolute Gasteiger partial charge is 0.496 e. The molecule has 0 spiro atoms. The summed E-state index contributed by atoms with van der Waals surface area (Å²) in [6.07, 6.45) is -0.727. The predicted octanol–water partition coefficient (Wildman–Crippen LogP) is 0.522. The highest BCUT2D eigenvalue weighted by atomic mass is 19.1. The average Bonchev–Trinajstić information content (AvgIpc) is 2.79. The molecule has 6 heteroatoms. The summed E-state index contributed by atoms with van der Waals surface area (Å²) in [6.45, 7) is 1.56. The average molecular weight is 298 g/mol. The van der Waals surface area contributed by atoms with Crippen molar-refractivity contribution in [3.05, 3.63) is 29.6 Å². The highest BCUT2D eigenvalue weighted by Gasteiger charge is 2.30. The standard InChI is InChI=1S/C15H23FN2O3/c1-17-11(6-7-18-8-12(19)13(20)9-18)15-10(16)4-3-5-14(15)21-2/h3-5,11-13,17,19-20H,6-9H2,1-2H3. The van der Waals surface area contributed by atoms with Crippen LogP contribution in [-0.4, -0.2) is 61.1 Å². The first-order valence-corrected chi connectivity index (χ1v) is 7.15. The first-order valence-electron chi connectivity index (χ1n) is 7.15. The number of methoxy groups -OCH3 is 1. The topological polar surface area (TPSA) is 65.0 Å². The summed E-state index contributed by atoms with van der Waals surface area (Å²) in [7, 11) is 3.31. The molecule has 1 fully saturated rings. The highest BCUT2D eigenvalue weighted by molar-refractivity contribution is 5.37. The van der Waals surface area contributed by atoms with Crippen LogP contribution in [-0.2, 0) is 0 Å². The summed E-state index contributed by atoms with van der Waals surface area (Å²) in [6, 6.07) is 4.60. The van der Waals surface area contributed by atoms with Crippen LogP contribution >= 0.6 is 0 Å². The van der Waals surface area contributed by atoms with Gasteiger partial charge in [-0.3, -0.25) is 4.90 Å². The minimum Gasteiger partial charge on any atom is -0.496 e. The minimum atomic E-state index is -0.693. The van der Waals surface area contributed by atoms with Gasteiger partial charge in [0, 0.05) is 31.2 Å². The number of ether oxygens (including phenoxy) is 1. The Morgan fingerprint density at radius 2 is 2.05 bits per heavy atom. The number of aliphatic hydroxyl groups excluding tert-OH is 2. The van der Waals surface area contributed by atoms with Crippen molar-refractivity contribution in [3.8, 4) is 5.75 Å². The predicted molar refractivity (Wildman–Crippen MR) is 77.8 cm³/mol. The number of hydrogen-bond donors (Lipinski definition) is 3. The second kappa shape index (κ2) is 7.17. The first kappa shape index (κ1) is 16.2. The number of rotatable bonds is 6. The van der Waals surface area contributed by atoms with Gasteiger partial charge in [-0.25, -0.2) is 4.39 Å². The lowest BCUT2D eigenvalue weighted by Crippen LogP contribution is -2.28. The van der Waals surface area contributed by atoms with Crippen LogP contribution in [0.4, 0.5) is 4.39 Å². The van der Waals surface area contributed by atoms with Crippen molar-refractivity contribution in [2.75, 3.05) is 33.8 Å². The molecule has 0 amide bonds. The molecule has 3 atom stereocenters. The van der Waals surface area contributed by atoms with Crippen LogP contribution in [0.15, 0.2) is 18.2 Å². The van der Waals surface area contributed by atoms with Crippen LogP contribution in [0.25, 0.3) is 0 Å². The second-order valence-corrected chi connectivity index (χ2v) is 5.38. The number of nitrogens with zero attached hydrogens (tertiary/aromatic N) is 1. The van der Waals surface area contributed by atoms with E-state index in [9.17, 15) is 14.6 Å². The van der Waals surface area contributed by atoms with E-state index in [1.54, 1.807) is 19.2 Å². The maximum Gasteiger partial charge on any atom is 0.131 e. The number of likely N-dealkylation sites (tertiary alicyclic amines) is 1. The number of β-amino-alcohol motifs (C(OH)–C–C–N with tert-alkyl or cyclic N) is 2. The molecule has 3 N–H and O–H groups in total. The van der Waals surface area contributed by atoms with Crippen LogP contribution in [0.1, 0.15) is 18.0 Å². The van der Waals surface area contributed by atoms with Gasteiger partial charge in [0.1, 0.15) is 11.6 Å².